The largest absolute Gasteiger partial charge is 0.284 e. The number of hydroxylamine groups is 2. The molecular formula is C14H16Cl2FN3O2S. The Labute approximate surface area is 147 Å². The fourth-order valence-electron chi connectivity index (χ4n) is 2.36. The first-order valence-corrected chi connectivity index (χ1v) is 8.34. The van der Waals surface area contributed by atoms with E-state index in [0.29, 0.717) is 20.8 Å². The van der Waals surface area contributed by atoms with Gasteiger partial charge in [0.25, 0.3) is 5.91 Å². The van der Waals surface area contributed by atoms with Gasteiger partial charge in [0.15, 0.2) is 0 Å². The van der Waals surface area contributed by atoms with Crippen molar-refractivity contribution in [3.05, 3.63) is 37.5 Å². The second-order valence-electron chi connectivity index (χ2n) is 5.09. The van der Waals surface area contributed by atoms with Crippen molar-refractivity contribution >= 4 is 40.4 Å². The van der Waals surface area contributed by atoms with Gasteiger partial charge in [-0.1, -0.05) is 23.2 Å². The molecule has 0 saturated heterocycles. The molecule has 2 heterocycles. The number of amides is 1. The maximum atomic E-state index is 14.1. The second kappa shape index (κ2) is 7.17. The summed E-state index contributed by atoms with van der Waals surface area (Å²) in [5.41, 5.74) is 1.02. The van der Waals surface area contributed by atoms with Crippen LogP contribution in [0, 0.1) is 12.9 Å². The third-order valence-corrected chi connectivity index (χ3v) is 4.97. The Balaban J connectivity index is 2.24. The maximum Gasteiger partial charge on any atom is 0.284 e. The zero-order valence-corrected chi connectivity index (χ0v) is 15.4. The van der Waals surface area contributed by atoms with Crippen LogP contribution in [0.2, 0.25) is 8.67 Å². The molecule has 1 amide bonds. The molecule has 0 bridgehead atoms. The van der Waals surface area contributed by atoms with Gasteiger partial charge in [0.2, 0.25) is 5.95 Å². The van der Waals surface area contributed by atoms with Crippen LogP contribution in [-0.2, 0) is 18.3 Å². The Morgan fingerprint density at radius 2 is 2.22 bits per heavy atom. The van der Waals surface area contributed by atoms with Crippen LogP contribution in [0.25, 0.3) is 0 Å². The lowest BCUT2D eigenvalue weighted by molar-refractivity contribution is -0.119. The van der Waals surface area contributed by atoms with Gasteiger partial charge in [-0.2, -0.15) is 9.49 Å². The predicted molar refractivity (Wildman–Crippen MR) is 88.6 cm³/mol. The van der Waals surface area contributed by atoms with Gasteiger partial charge in [0.1, 0.15) is 5.56 Å². The van der Waals surface area contributed by atoms with Crippen molar-refractivity contribution in [1.82, 2.24) is 14.8 Å². The van der Waals surface area contributed by atoms with Crippen molar-refractivity contribution in [3.8, 4) is 0 Å². The van der Waals surface area contributed by atoms with Crippen LogP contribution in [0.4, 0.5) is 4.39 Å². The number of halogens is 3. The van der Waals surface area contributed by atoms with E-state index in [-0.39, 0.29) is 11.6 Å². The first-order chi connectivity index (χ1) is 10.8. The summed E-state index contributed by atoms with van der Waals surface area (Å²) in [5.74, 6) is -1.28. The number of nitrogens with zero attached hydrogens (tertiary/aromatic N) is 3. The molecule has 2 aromatic heterocycles. The summed E-state index contributed by atoms with van der Waals surface area (Å²) < 4.78 is 16.2. The molecule has 0 saturated carbocycles. The maximum absolute atomic E-state index is 14.1. The van der Waals surface area contributed by atoms with Crippen LogP contribution >= 0.6 is 34.5 Å². The quantitative estimate of drug-likeness (QED) is 0.740. The molecule has 0 aliphatic carbocycles. The Morgan fingerprint density at radius 3 is 2.65 bits per heavy atom. The summed E-state index contributed by atoms with van der Waals surface area (Å²) in [6.07, 6.45) is 0.433. The summed E-state index contributed by atoms with van der Waals surface area (Å²) in [6.45, 7) is 3.36. The summed E-state index contributed by atoms with van der Waals surface area (Å²) >= 11 is 13.3. The first kappa shape index (κ1) is 18.2. The summed E-state index contributed by atoms with van der Waals surface area (Å²) in [7, 11) is 2.80. The summed E-state index contributed by atoms with van der Waals surface area (Å²) in [4.78, 5) is 17.8. The van der Waals surface area contributed by atoms with Gasteiger partial charge in [0.05, 0.1) is 27.5 Å². The van der Waals surface area contributed by atoms with Crippen molar-refractivity contribution in [1.29, 1.82) is 0 Å². The van der Waals surface area contributed by atoms with E-state index < -0.39 is 11.9 Å². The number of aryl methyl sites for hydroxylation is 2. The molecule has 2 rings (SSSR count). The molecule has 0 aliphatic heterocycles. The topological polar surface area (TPSA) is 47.4 Å². The third-order valence-electron chi connectivity index (χ3n) is 3.41. The molecule has 0 fully saturated rings. The van der Waals surface area contributed by atoms with Crippen LogP contribution < -0.4 is 0 Å². The third kappa shape index (κ3) is 3.68. The second-order valence-corrected chi connectivity index (χ2v) is 7.38. The highest BCUT2D eigenvalue weighted by Gasteiger charge is 2.29. The van der Waals surface area contributed by atoms with Gasteiger partial charge in [-0.15, -0.1) is 11.3 Å². The molecule has 1 atom stereocenters. The van der Waals surface area contributed by atoms with Crippen molar-refractivity contribution < 1.29 is 14.0 Å². The number of rotatable bonds is 5. The van der Waals surface area contributed by atoms with E-state index >= 15 is 0 Å². The number of carbonyl (C=O) groups is 1. The van der Waals surface area contributed by atoms with Crippen molar-refractivity contribution in [2.24, 2.45) is 7.05 Å². The Hall–Kier alpha value is -1.15. The van der Waals surface area contributed by atoms with Crippen LogP contribution in [0.1, 0.15) is 28.5 Å². The molecule has 5 nitrogen and oxygen atoms in total. The number of thiophene rings is 1. The highest BCUT2D eigenvalue weighted by Crippen LogP contribution is 2.32. The highest BCUT2D eigenvalue weighted by molar-refractivity contribution is 7.20. The van der Waals surface area contributed by atoms with Crippen molar-refractivity contribution in [2.45, 2.75) is 26.3 Å². The first-order valence-electron chi connectivity index (χ1n) is 6.76. The number of hydrogen-bond donors (Lipinski definition) is 0. The van der Waals surface area contributed by atoms with Crippen molar-refractivity contribution in [2.75, 3.05) is 7.11 Å². The van der Waals surface area contributed by atoms with E-state index in [1.54, 1.807) is 19.9 Å². The van der Waals surface area contributed by atoms with E-state index in [9.17, 15) is 9.18 Å². The number of carbonyl (C=O) groups excluding carboxylic acids is 1. The van der Waals surface area contributed by atoms with Crippen LogP contribution in [0.5, 0.6) is 0 Å². The van der Waals surface area contributed by atoms with Gasteiger partial charge in [-0.05, 0) is 31.9 Å². The van der Waals surface area contributed by atoms with Gasteiger partial charge in [0, 0.05) is 7.05 Å². The van der Waals surface area contributed by atoms with E-state index in [2.05, 4.69) is 5.10 Å². The smallest absolute Gasteiger partial charge is 0.274 e. The average molecular weight is 380 g/mol. The molecule has 23 heavy (non-hydrogen) atoms. The minimum atomic E-state index is -0.696. The highest BCUT2D eigenvalue weighted by atomic mass is 35.5. The molecule has 0 N–H and O–H groups in total. The molecule has 0 radical (unpaired) electrons. The lowest BCUT2D eigenvalue weighted by Crippen LogP contribution is -2.39. The molecular weight excluding hydrogens is 364 g/mol. The average Bonchev–Trinajstić information content (AvgIpc) is 2.89. The molecule has 0 aliphatic rings. The van der Waals surface area contributed by atoms with E-state index in [4.69, 9.17) is 28.0 Å². The number of aromatic nitrogens is 2. The van der Waals surface area contributed by atoms with Gasteiger partial charge >= 0.3 is 0 Å². The lowest BCUT2D eigenvalue weighted by Gasteiger charge is -2.26. The van der Waals surface area contributed by atoms with E-state index in [1.807, 2.05) is 0 Å². The molecule has 2 aromatic rings. The van der Waals surface area contributed by atoms with E-state index in [0.717, 1.165) is 15.3 Å². The van der Waals surface area contributed by atoms with Crippen LogP contribution in [0.3, 0.4) is 0 Å². The van der Waals surface area contributed by atoms with Crippen molar-refractivity contribution in [3.63, 3.8) is 0 Å². The Morgan fingerprint density at radius 1 is 1.57 bits per heavy atom. The summed E-state index contributed by atoms with van der Waals surface area (Å²) in [5, 5.41) is 5.03. The molecule has 0 aromatic carbocycles. The lowest BCUT2D eigenvalue weighted by atomic mass is 10.1. The zero-order chi connectivity index (χ0) is 17.3. The summed E-state index contributed by atoms with van der Waals surface area (Å²) in [6, 6.07) is 1.38. The minimum Gasteiger partial charge on any atom is -0.274 e. The van der Waals surface area contributed by atoms with E-state index in [1.165, 1.54) is 25.5 Å². The predicted octanol–water partition coefficient (Wildman–Crippen LogP) is 3.87. The Bertz CT molecular complexity index is 732. The Kier molecular flexibility index (Phi) is 5.67. The zero-order valence-electron chi connectivity index (χ0n) is 13.1. The molecule has 1 unspecified atom stereocenters. The van der Waals surface area contributed by atoms with Crippen LogP contribution in [0.15, 0.2) is 6.07 Å². The van der Waals surface area contributed by atoms with Crippen LogP contribution in [-0.4, -0.2) is 33.9 Å². The SMILES string of the molecule is CON(C(=O)c1c(C)nn(C)c1F)C(C)Cc1cc(Cl)sc1Cl. The van der Waals surface area contributed by atoms with Gasteiger partial charge in [-0.3, -0.25) is 9.63 Å². The van der Waals surface area contributed by atoms with Gasteiger partial charge < -0.3 is 0 Å². The molecule has 0 spiro atoms. The fourth-order valence-corrected chi connectivity index (χ4v) is 3.87. The normalized spacial score (nSPS) is 12.5. The standard InChI is InChI=1S/C14H16Cl2FN3O2S/c1-7(5-9-6-10(15)23-12(9)16)20(22-4)14(21)11-8(2)18-19(3)13(11)17/h6-7H,5H2,1-4H3. The monoisotopic (exact) mass is 379 g/mol. The minimum absolute atomic E-state index is 0.101. The molecule has 9 heteroatoms. The molecule has 126 valence electrons. The number of hydrogen-bond acceptors (Lipinski definition) is 4. The van der Waals surface area contributed by atoms with Gasteiger partial charge in [-0.25, -0.2) is 9.75 Å². The fraction of sp³-hybridized carbons (Fsp3) is 0.429.